The monoisotopic (exact) mass is 403 g/mol. The van der Waals surface area contributed by atoms with Crippen LogP contribution in [0.4, 0.5) is 22.7 Å². The Labute approximate surface area is 177 Å². The van der Waals surface area contributed by atoms with Crippen LogP contribution in [0.15, 0.2) is 66.5 Å². The molecule has 2 aromatic rings. The van der Waals surface area contributed by atoms with Gasteiger partial charge >= 0.3 is 0 Å². The zero-order valence-corrected chi connectivity index (χ0v) is 16.9. The lowest BCUT2D eigenvalue weighted by atomic mass is 10.1. The van der Waals surface area contributed by atoms with Gasteiger partial charge in [0, 0.05) is 59.9 Å². The Morgan fingerprint density at radius 2 is 1.87 bits per heavy atom. The summed E-state index contributed by atoms with van der Waals surface area (Å²) in [5.41, 5.74) is 29.0. The van der Waals surface area contributed by atoms with Crippen LogP contribution >= 0.6 is 0 Å². The Balaban J connectivity index is 1.65. The largest absolute Gasteiger partial charge is 0.405 e. The molecule has 1 atom stereocenters. The summed E-state index contributed by atoms with van der Waals surface area (Å²) in [6.45, 7) is 1.82. The van der Waals surface area contributed by atoms with E-state index in [1.807, 2.05) is 42.5 Å². The minimum absolute atomic E-state index is 0.313. The van der Waals surface area contributed by atoms with E-state index in [-0.39, 0.29) is 0 Å². The molecule has 1 unspecified atom stereocenters. The van der Waals surface area contributed by atoms with Crippen LogP contribution < -0.4 is 33.2 Å². The average Bonchev–Trinajstić information content (AvgIpc) is 3.21. The van der Waals surface area contributed by atoms with Crippen molar-refractivity contribution in [3.63, 3.8) is 0 Å². The molecular weight excluding hydrogens is 374 g/mol. The number of hydrogen-bond acceptors (Lipinski definition) is 7. The van der Waals surface area contributed by atoms with E-state index < -0.39 is 0 Å². The van der Waals surface area contributed by atoms with Gasteiger partial charge in [-0.15, -0.1) is 0 Å². The number of anilines is 4. The fraction of sp³-hybridized carbons (Fsp3) is 0.174. The fourth-order valence-electron chi connectivity index (χ4n) is 3.51. The number of nitrogens with two attached hydrogens (primary N) is 4. The van der Waals surface area contributed by atoms with E-state index in [1.54, 1.807) is 6.08 Å². The van der Waals surface area contributed by atoms with Gasteiger partial charge in [-0.05, 0) is 60.2 Å². The van der Waals surface area contributed by atoms with Crippen LogP contribution in [0, 0.1) is 5.41 Å². The molecule has 3 rings (SSSR count). The minimum atomic E-state index is 0.313. The van der Waals surface area contributed by atoms with Crippen LogP contribution in [-0.2, 0) is 0 Å². The number of allylic oxidation sites excluding steroid dienone is 3. The highest BCUT2D eigenvalue weighted by molar-refractivity contribution is 5.86. The molecule has 1 heterocycles. The predicted octanol–water partition coefficient (Wildman–Crippen LogP) is 2.87. The lowest BCUT2D eigenvalue weighted by Gasteiger charge is -2.20. The molecule has 156 valence electrons. The smallest absolute Gasteiger partial charge is 0.0453 e. The van der Waals surface area contributed by atoms with Crippen LogP contribution in [0.3, 0.4) is 0 Å². The summed E-state index contributed by atoms with van der Waals surface area (Å²) in [7, 11) is 0. The van der Waals surface area contributed by atoms with Crippen molar-refractivity contribution in [3.8, 4) is 0 Å². The van der Waals surface area contributed by atoms with Crippen molar-refractivity contribution in [2.24, 2.45) is 11.5 Å². The van der Waals surface area contributed by atoms with Gasteiger partial charge in [-0.25, -0.2) is 0 Å². The standard InChI is InChI=1S/C23H29N7/c24-9-7-16(13-25)1-2-17-3-5-21(12-23(17)28)30-10-8-20(15-30)29-19-4-6-22(27)18(11-19)14-26/h1-7,9,11-14,20,26,29H,8,10,15,24-25,27-28H2/b2-1+,9-7-,16-13-,26-14?. The average molecular weight is 404 g/mol. The second-order valence-corrected chi connectivity index (χ2v) is 7.24. The van der Waals surface area contributed by atoms with Gasteiger partial charge in [0.15, 0.2) is 0 Å². The molecule has 0 amide bonds. The van der Waals surface area contributed by atoms with E-state index in [2.05, 4.69) is 16.3 Å². The third-order valence-corrected chi connectivity index (χ3v) is 5.17. The number of benzene rings is 2. The first kappa shape index (κ1) is 20.9. The van der Waals surface area contributed by atoms with Gasteiger partial charge < -0.3 is 38.6 Å². The van der Waals surface area contributed by atoms with Crippen LogP contribution in [0.25, 0.3) is 6.08 Å². The van der Waals surface area contributed by atoms with Gasteiger partial charge in [0.2, 0.25) is 0 Å². The summed E-state index contributed by atoms with van der Waals surface area (Å²) in [5, 5.41) is 11.0. The zero-order valence-electron chi connectivity index (χ0n) is 16.9. The number of nitrogen functional groups attached to an aromatic ring is 2. The number of nitrogens with one attached hydrogen (secondary N) is 2. The van der Waals surface area contributed by atoms with E-state index in [9.17, 15) is 0 Å². The molecule has 1 aliphatic rings. The van der Waals surface area contributed by atoms with Gasteiger partial charge in [0.1, 0.15) is 0 Å². The van der Waals surface area contributed by atoms with Crippen molar-refractivity contribution in [1.82, 2.24) is 0 Å². The Morgan fingerprint density at radius 1 is 1.03 bits per heavy atom. The van der Waals surface area contributed by atoms with Crippen LogP contribution in [-0.4, -0.2) is 25.3 Å². The van der Waals surface area contributed by atoms with Gasteiger partial charge in [-0.3, -0.25) is 0 Å². The van der Waals surface area contributed by atoms with E-state index in [0.29, 0.717) is 17.4 Å². The predicted molar refractivity (Wildman–Crippen MR) is 128 cm³/mol. The Hall–Kier alpha value is -3.87. The zero-order chi connectivity index (χ0) is 21.5. The van der Waals surface area contributed by atoms with E-state index in [0.717, 1.165) is 47.6 Å². The van der Waals surface area contributed by atoms with Crippen molar-refractivity contribution in [2.75, 3.05) is 34.8 Å². The molecular formula is C23H29N7. The Bertz CT molecular complexity index is 991. The third-order valence-electron chi connectivity index (χ3n) is 5.17. The molecule has 7 nitrogen and oxygen atoms in total. The highest BCUT2D eigenvalue weighted by Crippen LogP contribution is 2.27. The van der Waals surface area contributed by atoms with E-state index in [1.165, 1.54) is 18.6 Å². The molecule has 0 spiro atoms. The lowest BCUT2D eigenvalue weighted by molar-refractivity contribution is 0.807. The van der Waals surface area contributed by atoms with E-state index >= 15 is 0 Å². The first-order chi connectivity index (χ1) is 14.5. The molecule has 2 aromatic carbocycles. The molecule has 0 saturated carbocycles. The first-order valence-corrected chi connectivity index (χ1v) is 9.83. The maximum atomic E-state index is 7.46. The first-order valence-electron chi connectivity index (χ1n) is 9.83. The van der Waals surface area contributed by atoms with Gasteiger partial charge in [-0.1, -0.05) is 18.2 Å². The normalized spacial score (nSPS) is 17.1. The summed E-state index contributed by atoms with van der Waals surface area (Å²) < 4.78 is 0. The van der Waals surface area contributed by atoms with Crippen molar-refractivity contribution in [3.05, 3.63) is 77.7 Å². The van der Waals surface area contributed by atoms with Crippen molar-refractivity contribution in [2.45, 2.75) is 12.5 Å². The van der Waals surface area contributed by atoms with Gasteiger partial charge in [-0.2, -0.15) is 0 Å². The molecule has 0 radical (unpaired) electrons. The minimum Gasteiger partial charge on any atom is -0.405 e. The third kappa shape index (κ3) is 4.94. The topological polar surface area (TPSA) is 143 Å². The lowest BCUT2D eigenvalue weighted by Crippen LogP contribution is -2.26. The molecule has 7 heteroatoms. The van der Waals surface area contributed by atoms with Crippen LogP contribution in [0.5, 0.6) is 0 Å². The summed E-state index contributed by atoms with van der Waals surface area (Å²) in [6, 6.07) is 12.1. The molecule has 10 N–H and O–H groups in total. The second-order valence-electron chi connectivity index (χ2n) is 7.24. The molecule has 0 aromatic heterocycles. The fourth-order valence-corrected chi connectivity index (χ4v) is 3.51. The molecule has 1 aliphatic heterocycles. The molecule has 1 fully saturated rings. The van der Waals surface area contributed by atoms with Crippen molar-refractivity contribution >= 4 is 35.0 Å². The summed E-state index contributed by atoms with van der Waals surface area (Å²) >= 11 is 0. The Kier molecular flexibility index (Phi) is 6.64. The van der Waals surface area contributed by atoms with Crippen LogP contribution in [0.2, 0.25) is 0 Å². The highest BCUT2D eigenvalue weighted by Gasteiger charge is 2.23. The molecule has 0 aliphatic carbocycles. The molecule has 30 heavy (non-hydrogen) atoms. The van der Waals surface area contributed by atoms with Gasteiger partial charge in [0.05, 0.1) is 0 Å². The van der Waals surface area contributed by atoms with E-state index in [4.69, 9.17) is 28.3 Å². The number of nitrogens with zero attached hydrogens (tertiary/aromatic N) is 1. The SMILES string of the molecule is N=Cc1cc(NC2CCN(c3ccc(/C=C/C(/C=C\N)=C/N)c(N)c3)C2)ccc1N. The highest BCUT2D eigenvalue weighted by atomic mass is 15.2. The number of hydrogen-bond donors (Lipinski definition) is 6. The summed E-state index contributed by atoms with van der Waals surface area (Å²) in [6.07, 6.45) is 10.8. The maximum Gasteiger partial charge on any atom is 0.0453 e. The quantitative estimate of drug-likeness (QED) is 0.238. The maximum absolute atomic E-state index is 7.46. The van der Waals surface area contributed by atoms with Crippen LogP contribution in [0.1, 0.15) is 17.5 Å². The molecule has 1 saturated heterocycles. The summed E-state index contributed by atoms with van der Waals surface area (Å²) in [5.74, 6) is 0. The summed E-state index contributed by atoms with van der Waals surface area (Å²) in [4.78, 5) is 2.32. The van der Waals surface area contributed by atoms with Gasteiger partial charge in [0.25, 0.3) is 0 Å². The van der Waals surface area contributed by atoms with Crippen molar-refractivity contribution < 1.29 is 0 Å². The molecule has 0 bridgehead atoms. The second kappa shape index (κ2) is 9.56. The number of rotatable bonds is 7. The Morgan fingerprint density at radius 3 is 2.57 bits per heavy atom. The van der Waals surface area contributed by atoms with Crippen molar-refractivity contribution in [1.29, 1.82) is 5.41 Å².